The summed E-state index contributed by atoms with van der Waals surface area (Å²) >= 11 is 0. The second-order valence-electron chi connectivity index (χ2n) is 8.77. The van der Waals surface area contributed by atoms with E-state index in [1.54, 1.807) is 0 Å². The maximum atomic E-state index is 6.69. The van der Waals surface area contributed by atoms with Gasteiger partial charge in [-0.2, -0.15) is 0 Å². The van der Waals surface area contributed by atoms with Crippen molar-refractivity contribution in [3.8, 4) is 0 Å². The summed E-state index contributed by atoms with van der Waals surface area (Å²) in [6.45, 7) is 11.2. The van der Waals surface area contributed by atoms with Crippen molar-refractivity contribution < 1.29 is 4.42 Å². The molecular formula is C26H24O. The van der Waals surface area contributed by atoms with Crippen molar-refractivity contribution in [1.29, 1.82) is 0 Å². The third kappa shape index (κ3) is 2.24. The first-order chi connectivity index (χ1) is 12.9. The molecule has 0 radical (unpaired) electrons. The van der Waals surface area contributed by atoms with Gasteiger partial charge in [-0.3, -0.25) is 0 Å². The van der Waals surface area contributed by atoms with Crippen LogP contribution in [0.15, 0.2) is 59.0 Å². The zero-order valence-corrected chi connectivity index (χ0v) is 16.6. The van der Waals surface area contributed by atoms with Crippen molar-refractivity contribution >= 4 is 43.5 Å². The zero-order valence-electron chi connectivity index (χ0n) is 16.6. The number of rotatable bonds is 0. The van der Waals surface area contributed by atoms with Gasteiger partial charge in [-0.25, -0.2) is 0 Å². The number of furan rings is 1. The Kier molecular flexibility index (Phi) is 3.25. The molecule has 134 valence electrons. The maximum Gasteiger partial charge on any atom is 0.143 e. The van der Waals surface area contributed by atoms with Gasteiger partial charge in [0.05, 0.1) is 0 Å². The van der Waals surface area contributed by atoms with Crippen molar-refractivity contribution in [3.05, 3.63) is 71.3 Å². The largest absolute Gasteiger partial charge is 0.455 e. The normalized spacial score (nSPS) is 12.6. The SMILES string of the molecule is Cc1cc(C)c2c(oc3c2ccc2ccc4ccccc4c23)c1C(C)(C)C. The van der Waals surface area contributed by atoms with Crippen LogP contribution in [0.3, 0.4) is 0 Å². The van der Waals surface area contributed by atoms with Crippen LogP contribution in [0, 0.1) is 13.8 Å². The highest BCUT2D eigenvalue weighted by atomic mass is 16.3. The standard InChI is InChI=1S/C26H24O/c1-15-14-16(2)23(26(3,4)5)25-21(15)20-13-12-18-11-10-17-8-6-7-9-19(17)22(18)24(20)27-25/h6-14H,1-5H3. The Morgan fingerprint density at radius 1 is 0.667 bits per heavy atom. The Labute approximate surface area is 159 Å². The Morgan fingerprint density at radius 2 is 1.37 bits per heavy atom. The highest BCUT2D eigenvalue weighted by Gasteiger charge is 2.25. The van der Waals surface area contributed by atoms with Crippen molar-refractivity contribution in [3.63, 3.8) is 0 Å². The molecule has 1 heteroatoms. The molecule has 1 nitrogen and oxygen atoms in total. The summed E-state index contributed by atoms with van der Waals surface area (Å²) in [5, 5.41) is 7.44. The van der Waals surface area contributed by atoms with Gasteiger partial charge in [-0.05, 0) is 52.6 Å². The predicted octanol–water partition coefficient (Wildman–Crippen LogP) is 7.81. The molecule has 0 aliphatic carbocycles. The van der Waals surface area contributed by atoms with E-state index in [1.165, 1.54) is 49.0 Å². The molecule has 0 bridgehead atoms. The van der Waals surface area contributed by atoms with Gasteiger partial charge in [0.2, 0.25) is 0 Å². The number of benzene rings is 4. The monoisotopic (exact) mass is 352 g/mol. The van der Waals surface area contributed by atoms with Crippen LogP contribution < -0.4 is 0 Å². The van der Waals surface area contributed by atoms with E-state index in [0.29, 0.717) is 0 Å². The fraction of sp³-hybridized carbons (Fsp3) is 0.231. The third-order valence-corrected chi connectivity index (χ3v) is 5.76. The summed E-state index contributed by atoms with van der Waals surface area (Å²) in [7, 11) is 0. The zero-order chi connectivity index (χ0) is 18.9. The van der Waals surface area contributed by atoms with Crippen molar-refractivity contribution in [2.24, 2.45) is 0 Å². The van der Waals surface area contributed by atoms with E-state index in [2.05, 4.69) is 89.2 Å². The number of fused-ring (bicyclic) bond motifs is 7. The molecule has 1 heterocycles. The van der Waals surface area contributed by atoms with E-state index < -0.39 is 0 Å². The minimum atomic E-state index is 0.0295. The van der Waals surface area contributed by atoms with Crippen molar-refractivity contribution in [2.75, 3.05) is 0 Å². The van der Waals surface area contributed by atoms with Crippen LogP contribution >= 0.6 is 0 Å². The highest BCUT2D eigenvalue weighted by molar-refractivity contribution is 6.23. The summed E-state index contributed by atoms with van der Waals surface area (Å²) in [4.78, 5) is 0. The highest BCUT2D eigenvalue weighted by Crippen LogP contribution is 2.43. The van der Waals surface area contributed by atoms with Gasteiger partial charge in [0.25, 0.3) is 0 Å². The van der Waals surface area contributed by atoms with Crippen LogP contribution in [-0.4, -0.2) is 0 Å². The van der Waals surface area contributed by atoms with Crippen LogP contribution in [0.25, 0.3) is 43.5 Å². The molecule has 0 fully saturated rings. The molecule has 0 N–H and O–H groups in total. The first-order valence-corrected chi connectivity index (χ1v) is 9.63. The fourth-order valence-corrected chi connectivity index (χ4v) is 4.79. The molecular weight excluding hydrogens is 328 g/mol. The van der Waals surface area contributed by atoms with Gasteiger partial charge in [0.15, 0.2) is 0 Å². The van der Waals surface area contributed by atoms with E-state index in [0.717, 1.165) is 11.2 Å². The predicted molar refractivity (Wildman–Crippen MR) is 117 cm³/mol. The quantitative estimate of drug-likeness (QED) is 0.259. The average Bonchev–Trinajstić information content (AvgIpc) is 2.99. The van der Waals surface area contributed by atoms with Crippen molar-refractivity contribution in [1.82, 2.24) is 0 Å². The van der Waals surface area contributed by atoms with Crippen LogP contribution in [-0.2, 0) is 5.41 Å². The number of hydrogen-bond donors (Lipinski definition) is 0. The summed E-state index contributed by atoms with van der Waals surface area (Å²) < 4.78 is 6.69. The van der Waals surface area contributed by atoms with Crippen LogP contribution in [0.2, 0.25) is 0 Å². The second kappa shape index (κ2) is 5.36. The van der Waals surface area contributed by atoms with E-state index in [-0.39, 0.29) is 5.41 Å². The van der Waals surface area contributed by atoms with E-state index >= 15 is 0 Å². The van der Waals surface area contributed by atoms with Crippen LogP contribution in [0.4, 0.5) is 0 Å². The van der Waals surface area contributed by atoms with Gasteiger partial charge in [-0.1, -0.05) is 69.3 Å². The summed E-state index contributed by atoms with van der Waals surface area (Å²) in [5.74, 6) is 0. The molecule has 0 aliphatic rings. The van der Waals surface area contributed by atoms with Crippen molar-refractivity contribution in [2.45, 2.75) is 40.0 Å². The number of hydrogen-bond acceptors (Lipinski definition) is 1. The molecule has 0 aliphatic heterocycles. The maximum absolute atomic E-state index is 6.69. The molecule has 0 amide bonds. The fourth-order valence-electron chi connectivity index (χ4n) is 4.79. The minimum Gasteiger partial charge on any atom is -0.455 e. The van der Waals surface area contributed by atoms with E-state index in [4.69, 9.17) is 4.42 Å². The summed E-state index contributed by atoms with van der Waals surface area (Å²) in [5.41, 5.74) is 6.00. The molecule has 0 atom stereocenters. The Morgan fingerprint density at radius 3 is 2.15 bits per heavy atom. The Balaban J connectivity index is 2.09. The summed E-state index contributed by atoms with van der Waals surface area (Å²) in [6.07, 6.45) is 0. The van der Waals surface area contributed by atoms with Gasteiger partial charge in [-0.15, -0.1) is 0 Å². The average molecular weight is 352 g/mol. The lowest BCUT2D eigenvalue weighted by Crippen LogP contribution is -2.13. The topological polar surface area (TPSA) is 13.1 Å². The van der Waals surface area contributed by atoms with Gasteiger partial charge >= 0.3 is 0 Å². The lowest BCUT2D eigenvalue weighted by Gasteiger charge is -2.22. The van der Waals surface area contributed by atoms with Crippen LogP contribution in [0.1, 0.15) is 37.5 Å². The number of aryl methyl sites for hydroxylation is 2. The Bertz CT molecular complexity index is 1360. The molecule has 0 saturated heterocycles. The van der Waals surface area contributed by atoms with E-state index in [1.807, 2.05) is 0 Å². The van der Waals surface area contributed by atoms with Gasteiger partial charge < -0.3 is 4.42 Å². The van der Waals surface area contributed by atoms with Gasteiger partial charge in [0.1, 0.15) is 11.2 Å². The first kappa shape index (κ1) is 16.4. The molecule has 0 saturated carbocycles. The molecule has 5 rings (SSSR count). The molecule has 0 unspecified atom stereocenters. The Hall–Kier alpha value is -2.80. The molecule has 4 aromatic carbocycles. The molecule has 5 aromatic rings. The van der Waals surface area contributed by atoms with E-state index in [9.17, 15) is 0 Å². The molecule has 0 spiro atoms. The van der Waals surface area contributed by atoms with Gasteiger partial charge in [0, 0.05) is 21.7 Å². The summed E-state index contributed by atoms with van der Waals surface area (Å²) in [6, 6.07) is 19.7. The molecule has 1 aromatic heterocycles. The third-order valence-electron chi connectivity index (χ3n) is 5.76. The minimum absolute atomic E-state index is 0.0295. The first-order valence-electron chi connectivity index (χ1n) is 9.63. The molecule has 27 heavy (non-hydrogen) atoms. The van der Waals surface area contributed by atoms with Crippen LogP contribution in [0.5, 0.6) is 0 Å². The lowest BCUT2D eigenvalue weighted by molar-refractivity contribution is 0.569. The smallest absolute Gasteiger partial charge is 0.143 e. The lowest BCUT2D eigenvalue weighted by atomic mass is 9.82. The second-order valence-corrected chi connectivity index (χ2v) is 8.77.